The van der Waals surface area contributed by atoms with Crippen LogP contribution in [0.4, 0.5) is 10.1 Å². The van der Waals surface area contributed by atoms with E-state index in [-0.39, 0.29) is 11.7 Å². The molecule has 0 aliphatic heterocycles. The summed E-state index contributed by atoms with van der Waals surface area (Å²) in [5.74, 6) is -0.653. The summed E-state index contributed by atoms with van der Waals surface area (Å²) in [6, 6.07) is 5.94. The van der Waals surface area contributed by atoms with E-state index in [0.29, 0.717) is 15.9 Å². The molecule has 0 saturated carbocycles. The number of carbonyl (C=O) groups excluding carboxylic acids is 1. The summed E-state index contributed by atoms with van der Waals surface area (Å²) >= 11 is 6.29. The zero-order valence-electron chi connectivity index (χ0n) is 8.43. The molecule has 2 aromatic rings. The number of halogens is 3. The van der Waals surface area contributed by atoms with Gasteiger partial charge in [-0.25, -0.2) is 4.39 Å². The number of anilines is 1. The molecule has 0 fully saturated rings. The first kappa shape index (κ1) is 12.3. The number of amides is 1. The lowest BCUT2D eigenvalue weighted by atomic mass is 10.3. The van der Waals surface area contributed by atoms with E-state index < -0.39 is 0 Å². The number of nitrogens with one attached hydrogen (secondary N) is 2. The zero-order chi connectivity index (χ0) is 12.4. The van der Waals surface area contributed by atoms with Gasteiger partial charge in [0.1, 0.15) is 11.5 Å². The van der Waals surface area contributed by atoms with Crippen molar-refractivity contribution < 1.29 is 9.18 Å². The minimum absolute atomic E-state index is 0.283. The third-order valence-electron chi connectivity index (χ3n) is 2.07. The summed E-state index contributed by atoms with van der Waals surface area (Å²) in [6.07, 6.45) is 1.66. The Bertz CT molecular complexity index is 568. The van der Waals surface area contributed by atoms with Crippen LogP contribution in [0.5, 0.6) is 0 Å². The van der Waals surface area contributed by atoms with Crippen molar-refractivity contribution in [3.8, 4) is 0 Å². The van der Waals surface area contributed by atoms with Gasteiger partial charge in [0.25, 0.3) is 5.91 Å². The topological polar surface area (TPSA) is 44.9 Å². The van der Waals surface area contributed by atoms with Crippen LogP contribution < -0.4 is 5.32 Å². The van der Waals surface area contributed by atoms with Crippen LogP contribution in [0.2, 0.25) is 0 Å². The maximum atomic E-state index is 13.0. The zero-order valence-corrected chi connectivity index (χ0v) is 11.6. The van der Waals surface area contributed by atoms with Crippen molar-refractivity contribution >= 4 is 43.5 Å². The summed E-state index contributed by atoms with van der Waals surface area (Å²) in [6.45, 7) is 0. The molecule has 0 aliphatic rings. The highest BCUT2D eigenvalue weighted by atomic mass is 79.9. The van der Waals surface area contributed by atoms with E-state index in [4.69, 9.17) is 0 Å². The van der Waals surface area contributed by atoms with Crippen molar-refractivity contribution in [2.45, 2.75) is 0 Å². The third-order valence-corrected chi connectivity index (χ3v) is 3.14. The molecule has 0 saturated heterocycles. The Balaban J connectivity index is 2.15. The summed E-state index contributed by atoms with van der Waals surface area (Å²) < 4.78 is 14.1. The van der Waals surface area contributed by atoms with Crippen LogP contribution in [0.3, 0.4) is 0 Å². The molecule has 3 nitrogen and oxygen atoms in total. The first-order valence-corrected chi connectivity index (χ1v) is 6.25. The number of carbonyl (C=O) groups is 1. The molecule has 0 unspecified atom stereocenters. The van der Waals surface area contributed by atoms with Crippen molar-refractivity contribution in [3.63, 3.8) is 0 Å². The molecular weight excluding hydrogens is 355 g/mol. The molecule has 0 spiro atoms. The highest BCUT2D eigenvalue weighted by Gasteiger charge is 2.09. The van der Waals surface area contributed by atoms with Gasteiger partial charge in [-0.15, -0.1) is 0 Å². The second-order valence-electron chi connectivity index (χ2n) is 3.31. The van der Waals surface area contributed by atoms with E-state index in [0.717, 1.165) is 4.47 Å². The van der Waals surface area contributed by atoms with Crippen molar-refractivity contribution in [1.29, 1.82) is 0 Å². The molecule has 1 amide bonds. The van der Waals surface area contributed by atoms with E-state index in [1.165, 1.54) is 18.2 Å². The van der Waals surface area contributed by atoms with Gasteiger partial charge in [0.15, 0.2) is 0 Å². The lowest BCUT2D eigenvalue weighted by Gasteiger charge is -2.04. The second-order valence-corrected chi connectivity index (χ2v) is 5.08. The summed E-state index contributed by atoms with van der Waals surface area (Å²) in [5.41, 5.74) is 0.950. The Kier molecular flexibility index (Phi) is 3.63. The normalized spacial score (nSPS) is 10.3. The van der Waals surface area contributed by atoms with Gasteiger partial charge in [0, 0.05) is 16.4 Å². The number of hydrogen-bond donors (Lipinski definition) is 2. The van der Waals surface area contributed by atoms with Crippen molar-refractivity contribution in [2.75, 3.05) is 5.32 Å². The molecule has 1 heterocycles. The Labute approximate surface area is 114 Å². The quantitative estimate of drug-likeness (QED) is 0.836. The summed E-state index contributed by atoms with van der Waals surface area (Å²) in [7, 11) is 0. The van der Waals surface area contributed by atoms with Gasteiger partial charge in [0.2, 0.25) is 0 Å². The average Bonchev–Trinajstić information content (AvgIpc) is 2.70. The highest BCUT2D eigenvalue weighted by molar-refractivity contribution is 9.10. The van der Waals surface area contributed by atoms with E-state index in [1.807, 2.05) is 0 Å². The smallest absolute Gasteiger partial charge is 0.272 e. The predicted octanol–water partition coefficient (Wildman–Crippen LogP) is 3.93. The fourth-order valence-corrected chi connectivity index (χ4v) is 1.99. The van der Waals surface area contributed by atoms with Gasteiger partial charge in [-0.05, 0) is 56.1 Å². The molecule has 0 bridgehead atoms. The largest absolute Gasteiger partial charge is 0.356 e. The third kappa shape index (κ3) is 2.95. The van der Waals surface area contributed by atoms with Gasteiger partial charge in [0.05, 0.1) is 4.47 Å². The molecule has 1 aromatic carbocycles. The Hall–Kier alpha value is -1.14. The summed E-state index contributed by atoms with van der Waals surface area (Å²) in [4.78, 5) is 14.6. The van der Waals surface area contributed by atoms with Gasteiger partial charge in [-0.3, -0.25) is 4.79 Å². The van der Waals surface area contributed by atoms with Crippen LogP contribution in [0.25, 0.3) is 0 Å². The summed E-state index contributed by atoms with van der Waals surface area (Å²) in [5, 5.41) is 2.65. The first-order valence-electron chi connectivity index (χ1n) is 4.66. The molecule has 6 heteroatoms. The fourth-order valence-electron chi connectivity index (χ4n) is 1.27. The van der Waals surface area contributed by atoms with E-state index in [2.05, 4.69) is 42.2 Å². The molecule has 2 N–H and O–H groups in total. The Morgan fingerprint density at radius 2 is 2.06 bits per heavy atom. The van der Waals surface area contributed by atoms with Crippen LogP contribution in [-0.4, -0.2) is 10.9 Å². The highest BCUT2D eigenvalue weighted by Crippen LogP contribution is 2.20. The van der Waals surface area contributed by atoms with Crippen LogP contribution in [-0.2, 0) is 0 Å². The number of aromatic amines is 1. The number of hydrogen-bond acceptors (Lipinski definition) is 1. The monoisotopic (exact) mass is 360 g/mol. The van der Waals surface area contributed by atoms with Crippen LogP contribution >= 0.6 is 31.9 Å². The molecule has 88 valence electrons. The average molecular weight is 362 g/mol. The number of aromatic nitrogens is 1. The van der Waals surface area contributed by atoms with Gasteiger partial charge in [-0.1, -0.05) is 0 Å². The standard InChI is InChI=1S/C11H7Br2FN2O/c12-6-3-10(15-5-6)11(17)16-7-1-2-9(14)8(13)4-7/h1-5,15H,(H,16,17). The maximum absolute atomic E-state index is 13.0. The first-order chi connectivity index (χ1) is 8.06. The fraction of sp³-hybridized carbons (Fsp3) is 0. The molecule has 2 rings (SSSR count). The minimum Gasteiger partial charge on any atom is -0.356 e. The predicted molar refractivity (Wildman–Crippen MR) is 70.5 cm³/mol. The van der Waals surface area contributed by atoms with Crippen molar-refractivity contribution in [1.82, 2.24) is 4.98 Å². The van der Waals surface area contributed by atoms with Crippen molar-refractivity contribution in [2.24, 2.45) is 0 Å². The molecule has 0 radical (unpaired) electrons. The Morgan fingerprint density at radius 3 is 2.65 bits per heavy atom. The van der Waals surface area contributed by atoms with E-state index in [1.54, 1.807) is 12.3 Å². The van der Waals surface area contributed by atoms with Gasteiger partial charge in [-0.2, -0.15) is 0 Å². The minimum atomic E-state index is -0.370. The van der Waals surface area contributed by atoms with Crippen LogP contribution in [0, 0.1) is 5.82 Å². The van der Waals surface area contributed by atoms with E-state index in [9.17, 15) is 9.18 Å². The van der Waals surface area contributed by atoms with Crippen LogP contribution in [0.15, 0.2) is 39.4 Å². The lowest BCUT2D eigenvalue weighted by Crippen LogP contribution is -2.12. The molecular formula is C11H7Br2FN2O. The molecule has 1 aromatic heterocycles. The Morgan fingerprint density at radius 1 is 1.29 bits per heavy atom. The van der Waals surface area contributed by atoms with Gasteiger partial charge < -0.3 is 10.3 Å². The van der Waals surface area contributed by atoms with Crippen molar-refractivity contribution in [3.05, 3.63) is 50.9 Å². The van der Waals surface area contributed by atoms with E-state index >= 15 is 0 Å². The molecule has 17 heavy (non-hydrogen) atoms. The molecule has 0 aliphatic carbocycles. The SMILES string of the molecule is O=C(Nc1ccc(F)c(Br)c1)c1cc(Br)c[nH]1. The number of rotatable bonds is 2. The van der Waals surface area contributed by atoms with Gasteiger partial charge >= 0.3 is 0 Å². The molecule has 0 atom stereocenters. The maximum Gasteiger partial charge on any atom is 0.272 e. The number of H-pyrrole nitrogens is 1. The second kappa shape index (κ2) is 5.01. The lowest BCUT2D eigenvalue weighted by molar-refractivity contribution is 0.102. The number of benzene rings is 1. The van der Waals surface area contributed by atoms with Crippen LogP contribution in [0.1, 0.15) is 10.5 Å².